The first kappa shape index (κ1) is 22.1. The van der Waals surface area contributed by atoms with Crippen LogP contribution in [0.5, 0.6) is 11.5 Å². The van der Waals surface area contributed by atoms with Gasteiger partial charge < -0.3 is 9.47 Å². The SMILES string of the molecule is CCCOc1cc(Br)c(C=NNc2nc(-c3ccccc3)c(C#N)c(=O)[nH]2)cc1OC. The molecule has 0 saturated heterocycles. The van der Waals surface area contributed by atoms with Crippen molar-refractivity contribution < 1.29 is 9.47 Å². The highest BCUT2D eigenvalue weighted by molar-refractivity contribution is 9.10. The first-order valence-electron chi connectivity index (χ1n) is 9.46. The van der Waals surface area contributed by atoms with Crippen molar-refractivity contribution in [1.29, 1.82) is 5.26 Å². The second kappa shape index (κ2) is 10.4. The van der Waals surface area contributed by atoms with E-state index in [1.54, 1.807) is 31.5 Å². The average molecular weight is 482 g/mol. The van der Waals surface area contributed by atoms with Gasteiger partial charge in [-0.05, 0) is 34.5 Å². The molecular weight excluding hydrogens is 462 g/mol. The zero-order valence-corrected chi connectivity index (χ0v) is 18.6. The summed E-state index contributed by atoms with van der Waals surface area (Å²) in [7, 11) is 1.57. The number of hydrogen-bond donors (Lipinski definition) is 2. The molecule has 3 aromatic rings. The third kappa shape index (κ3) is 5.29. The van der Waals surface area contributed by atoms with Crippen LogP contribution in [0.3, 0.4) is 0 Å². The zero-order valence-electron chi connectivity index (χ0n) is 17.0. The quantitative estimate of drug-likeness (QED) is 0.366. The van der Waals surface area contributed by atoms with Crippen LogP contribution in [0.1, 0.15) is 24.5 Å². The van der Waals surface area contributed by atoms with E-state index in [4.69, 9.17) is 9.47 Å². The molecule has 9 heteroatoms. The normalized spacial score (nSPS) is 10.6. The van der Waals surface area contributed by atoms with Crippen LogP contribution >= 0.6 is 15.9 Å². The molecule has 0 saturated carbocycles. The lowest BCUT2D eigenvalue weighted by molar-refractivity contribution is 0.294. The van der Waals surface area contributed by atoms with E-state index in [1.165, 1.54) is 0 Å². The molecule has 0 aliphatic rings. The van der Waals surface area contributed by atoms with Gasteiger partial charge in [0.25, 0.3) is 5.56 Å². The summed E-state index contributed by atoms with van der Waals surface area (Å²) in [5.41, 5.74) is 3.77. The number of hydrazone groups is 1. The topological polar surface area (TPSA) is 112 Å². The van der Waals surface area contributed by atoms with Crippen LogP contribution in [-0.4, -0.2) is 29.9 Å². The molecular formula is C22H20BrN5O3. The summed E-state index contributed by atoms with van der Waals surface area (Å²) < 4.78 is 11.8. The third-order valence-corrected chi connectivity index (χ3v) is 4.88. The molecule has 1 heterocycles. The highest BCUT2D eigenvalue weighted by atomic mass is 79.9. The molecule has 0 radical (unpaired) electrons. The standard InChI is InChI=1S/C22H20BrN5O3/c1-3-9-31-19-11-17(23)15(10-18(19)30-2)13-25-28-22-26-20(14-7-5-4-6-8-14)16(12-24)21(29)27-22/h4-8,10-11,13H,3,9H2,1-2H3,(H2,26,27,28,29). The molecule has 0 bridgehead atoms. The number of nitrogens with zero attached hydrogens (tertiary/aromatic N) is 3. The second-order valence-electron chi connectivity index (χ2n) is 6.36. The van der Waals surface area contributed by atoms with E-state index in [9.17, 15) is 10.1 Å². The van der Waals surface area contributed by atoms with Gasteiger partial charge in [-0.2, -0.15) is 10.4 Å². The molecule has 0 unspecified atom stereocenters. The van der Waals surface area contributed by atoms with Gasteiger partial charge in [-0.3, -0.25) is 9.78 Å². The summed E-state index contributed by atoms with van der Waals surface area (Å²) in [6.45, 7) is 2.61. The summed E-state index contributed by atoms with van der Waals surface area (Å²) in [5.74, 6) is 1.33. The smallest absolute Gasteiger partial charge is 0.270 e. The predicted octanol–water partition coefficient (Wildman–Crippen LogP) is 4.31. The first-order chi connectivity index (χ1) is 15.1. The van der Waals surface area contributed by atoms with Crippen molar-refractivity contribution in [2.24, 2.45) is 5.10 Å². The molecule has 31 heavy (non-hydrogen) atoms. The van der Waals surface area contributed by atoms with E-state index in [0.717, 1.165) is 16.5 Å². The molecule has 2 aromatic carbocycles. The number of halogens is 1. The average Bonchev–Trinajstić information content (AvgIpc) is 2.79. The van der Waals surface area contributed by atoms with Crippen LogP contribution < -0.4 is 20.5 Å². The second-order valence-corrected chi connectivity index (χ2v) is 7.21. The van der Waals surface area contributed by atoms with Crippen molar-refractivity contribution in [2.45, 2.75) is 13.3 Å². The molecule has 3 rings (SSSR count). The molecule has 8 nitrogen and oxygen atoms in total. The first-order valence-corrected chi connectivity index (χ1v) is 10.3. The fraction of sp³-hybridized carbons (Fsp3) is 0.182. The molecule has 0 aliphatic carbocycles. The van der Waals surface area contributed by atoms with E-state index in [0.29, 0.717) is 23.7 Å². The Labute approximate surface area is 187 Å². The maximum Gasteiger partial charge on any atom is 0.270 e. The highest BCUT2D eigenvalue weighted by Crippen LogP contribution is 2.33. The van der Waals surface area contributed by atoms with Gasteiger partial charge in [0.1, 0.15) is 11.6 Å². The van der Waals surface area contributed by atoms with Crippen molar-refractivity contribution in [2.75, 3.05) is 19.1 Å². The van der Waals surface area contributed by atoms with Gasteiger partial charge >= 0.3 is 0 Å². The zero-order chi connectivity index (χ0) is 22.2. The fourth-order valence-electron chi connectivity index (χ4n) is 2.73. The van der Waals surface area contributed by atoms with Crippen molar-refractivity contribution in [1.82, 2.24) is 9.97 Å². The number of aromatic nitrogens is 2. The number of nitrogens with one attached hydrogen (secondary N) is 2. The van der Waals surface area contributed by atoms with E-state index >= 15 is 0 Å². The van der Waals surface area contributed by atoms with E-state index in [1.807, 2.05) is 37.3 Å². The van der Waals surface area contributed by atoms with Gasteiger partial charge in [-0.1, -0.05) is 37.3 Å². The Bertz CT molecular complexity index is 1190. The molecule has 0 spiro atoms. The molecule has 0 atom stereocenters. The van der Waals surface area contributed by atoms with Crippen molar-refractivity contribution in [3.63, 3.8) is 0 Å². The molecule has 0 fully saturated rings. The lowest BCUT2D eigenvalue weighted by Gasteiger charge is -2.12. The van der Waals surface area contributed by atoms with E-state index in [2.05, 4.69) is 36.4 Å². The van der Waals surface area contributed by atoms with Crippen molar-refractivity contribution >= 4 is 28.1 Å². The van der Waals surface area contributed by atoms with Crippen molar-refractivity contribution in [3.05, 3.63) is 68.4 Å². The molecule has 2 N–H and O–H groups in total. The minimum Gasteiger partial charge on any atom is -0.493 e. The van der Waals surface area contributed by atoms with Gasteiger partial charge in [-0.15, -0.1) is 0 Å². The Morgan fingerprint density at radius 2 is 2.06 bits per heavy atom. The largest absolute Gasteiger partial charge is 0.493 e. The lowest BCUT2D eigenvalue weighted by Crippen LogP contribution is -2.16. The van der Waals surface area contributed by atoms with Crippen LogP contribution in [0.4, 0.5) is 5.95 Å². The number of ether oxygens (including phenoxy) is 2. The summed E-state index contributed by atoms with van der Waals surface area (Å²) in [4.78, 5) is 19.2. The maximum atomic E-state index is 12.3. The van der Waals surface area contributed by atoms with Crippen LogP contribution in [0.25, 0.3) is 11.3 Å². The maximum absolute atomic E-state index is 12.3. The Kier molecular flexibility index (Phi) is 7.40. The van der Waals surface area contributed by atoms with Gasteiger partial charge in [0, 0.05) is 15.6 Å². The number of nitriles is 1. The number of benzene rings is 2. The molecule has 1 aromatic heterocycles. The van der Waals surface area contributed by atoms with Gasteiger partial charge in [-0.25, -0.2) is 10.4 Å². The predicted molar refractivity (Wildman–Crippen MR) is 123 cm³/mol. The fourth-order valence-corrected chi connectivity index (χ4v) is 3.16. The number of H-pyrrole nitrogens is 1. The minimum absolute atomic E-state index is 0.0594. The molecule has 158 valence electrons. The van der Waals surface area contributed by atoms with Gasteiger partial charge in [0.05, 0.1) is 25.6 Å². The lowest BCUT2D eigenvalue weighted by atomic mass is 10.1. The summed E-state index contributed by atoms with van der Waals surface area (Å²) in [6.07, 6.45) is 2.44. The molecule has 0 aliphatic heterocycles. The Morgan fingerprint density at radius 1 is 1.29 bits per heavy atom. The van der Waals surface area contributed by atoms with E-state index in [-0.39, 0.29) is 17.2 Å². The van der Waals surface area contributed by atoms with Crippen molar-refractivity contribution in [3.8, 4) is 28.8 Å². The summed E-state index contributed by atoms with van der Waals surface area (Å²) in [6, 6.07) is 14.5. The Hall–Kier alpha value is -3.64. The molecule has 0 amide bonds. The van der Waals surface area contributed by atoms with Gasteiger partial charge in [0.2, 0.25) is 5.95 Å². The highest BCUT2D eigenvalue weighted by Gasteiger charge is 2.13. The van der Waals surface area contributed by atoms with E-state index < -0.39 is 5.56 Å². The van der Waals surface area contributed by atoms with Crippen LogP contribution in [0.15, 0.2) is 56.8 Å². The minimum atomic E-state index is -0.547. The van der Waals surface area contributed by atoms with Crippen LogP contribution in [-0.2, 0) is 0 Å². The number of hydrogen-bond acceptors (Lipinski definition) is 7. The number of methoxy groups -OCH3 is 1. The third-order valence-electron chi connectivity index (χ3n) is 4.20. The number of anilines is 1. The monoisotopic (exact) mass is 481 g/mol. The Balaban J connectivity index is 1.87. The summed E-state index contributed by atoms with van der Waals surface area (Å²) in [5, 5.41) is 13.5. The van der Waals surface area contributed by atoms with Gasteiger partial charge in [0.15, 0.2) is 11.5 Å². The summed E-state index contributed by atoms with van der Waals surface area (Å²) >= 11 is 3.50. The van der Waals surface area contributed by atoms with Crippen LogP contribution in [0, 0.1) is 11.3 Å². The van der Waals surface area contributed by atoms with Crippen LogP contribution in [0.2, 0.25) is 0 Å². The number of rotatable bonds is 8. The Morgan fingerprint density at radius 3 is 2.74 bits per heavy atom. The number of aromatic amines is 1.